The van der Waals surface area contributed by atoms with Gasteiger partial charge in [-0.3, -0.25) is 4.79 Å². The summed E-state index contributed by atoms with van der Waals surface area (Å²) in [6, 6.07) is 9.45. The Kier molecular flexibility index (Phi) is 5.69. The van der Waals surface area contributed by atoms with Crippen molar-refractivity contribution in [3.05, 3.63) is 68.7 Å². The van der Waals surface area contributed by atoms with Gasteiger partial charge in [0.1, 0.15) is 18.0 Å². The summed E-state index contributed by atoms with van der Waals surface area (Å²) in [6.07, 6.45) is -3.06. The van der Waals surface area contributed by atoms with Gasteiger partial charge in [-0.1, -0.05) is 12.1 Å². The number of aromatic nitrogens is 1. The van der Waals surface area contributed by atoms with Crippen molar-refractivity contribution in [1.82, 2.24) is 4.98 Å². The second kappa shape index (κ2) is 8.16. The molecular weight excluding hydrogens is 545 g/mol. The highest BCUT2D eigenvalue weighted by Crippen LogP contribution is 2.38. The molecule has 1 amide bonds. The molecule has 0 aliphatic carbocycles. The summed E-state index contributed by atoms with van der Waals surface area (Å²) in [5.74, 6) is -0.186. The Balaban J connectivity index is 1.75. The second-order valence-corrected chi connectivity index (χ2v) is 8.43. The van der Waals surface area contributed by atoms with Gasteiger partial charge in [0.15, 0.2) is 0 Å². The van der Waals surface area contributed by atoms with Crippen LogP contribution in [0.1, 0.15) is 15.9 Å². The predicted molar refractivity (Wildman–Crippen MR) is 115 cm³/mol. The SMILES string of the molecule is O=C(c1cc(Br)c(O)c(Br)c1)N1CCOc2ncc(-c3cccc(C(F)(F)F)c3)cc21. The number of hydrogen-bond acceptors (Lipinski definition) is 4. The maximum atomic E-state index is 13.2. The number of halogens is 5. The normalized spacial score (nSPS) is 13.5. The van der Waals surface area contributed by atoms with Crippen LogP contribution in [-0.2, 0) is 6.18 Å². The van der Waals surface area contributed by atoms with Crippen LogP contribution >= 0.6 is 31.9 Å². The molecule has 0 atom stereocenters. The molecule has 10 heteroatoms. The average molecular weight is 558 g/mol. The van der Waals surface area contributed by atoms with Gasteiger partial charge in [0, 0.05) is 17.3 Å². The minimum Gasteiger partial charge on any atom is -0.506 e. The van der Waals surface area contributed by atoms with Crippen LogP contribution in [0.5, 0.6) is 11.6 Å². The third-order valence-electron chi connectivity index (χ3n) is 4.71. The lowest BCUT2D eigenvalue weighted by atomic mass is 10.0. The molecule has 2 aromatic carbocycles. The molecule has 5 nitrogen and oxygen atoms in total. The number of hydrogen-bond donors (Lipinski definition) is 1. The summed E-state index contributed by atoms with van der Waals surface area (Å²) in [5, 5.41) is 9.89. The number of alkyl halides is 3. The van der Waals surface area contributed by atoms with Crippen LogP contribution in [0.15, 0.2) is 57.6 Å². The van der Waals surface area contributed by atoms with Crippen molar-refractivity contribution < 1.29 is 27.8 Å². The smallest absolute Gasteiger partial charge is 0.416 e. The fourth-order valence-electron chi connectivity index (χ4n) is 3.19. The standard InChI is InChI=1S/C21H13Br2F3N2O3/c22-15-7-12(8-16(23)18(15)29)20(30)28-4-5-31-19-17(28)9-13(10-27-19)11-2-1-3-14(6-11)21(24,25)26/h1-3,6-10,29H,4-5H2. The number of nitrogens with zero attached hydrogens (tertiary/aromatic N) is 2. The van der Waals surface area contributed by atoms with Gasteiger partial charge in [0.25, 0.3) is 5.91 Å². The Labute approximate surface area is 191 Å². The lowest BCUT2D eigenvalue weighted by Gasteiger charge is -2.29. The van der Waals surface area contributed by atoms with Crippen LogP contribution in [0.25, 0.3) is 11.1 Å². The number of phenolic OH excluding ortho intramolecular Hbond substituents is 1. The van der Waals surface area contributed by atoms with Crippen molar-refractivity contribution in [2.45, 2.75) is 6.18 Å². The number of aromatic hydroxyl groups is 1. The maximum Gasteiger partial charge on any atom is 0.416 e. The van der Waals surface area contributed by atoms with Crippen LogP contribution in [0, 0.1) is 0 Å². The lowest BCUT2D eigenvalue weighted by Crippen LogP contribution is -2.38. The largest absolute Gasteiger partial charge is 0.506 e. The molecule has 1 N–H and O–H groups in total. The molecule has 0 saturated carbocycles. The fraction of sp³-hybridized carbons (Fsp3) is 0.143. The van der Waals surface area contributed by atoms with Crippen LogP contribution in [-0.4, -0.2) is 29.1 Å². The summed E-state index contributed by atoms with van der Waals surface area (Å²) in [4.78, 5) is 18.8. The number of ether oxygens (including phenoxy) is 1. The molecule has 0 bridgehead atoms. The highest BCUT2D eigenvalue weighted by atomic mass is 79.9. The van der Waals surface area contributed by atoms with E-state index in [4.69, 9.17) is 4.74 Å². The molecule has 0 spiro atoms. The average Bonchev–Trinajstić information content (AvgIpc) is 2.75. The molecule has 3 aromatic rings. The van der Waals surface area contributed by atoms with Gasteiger partial charge in [0.05, 0.1) is 21.1 Å². The summed E-state index contributed by atoms with van der Waals surface area (Å²) >= 11 is 6.41. The second-order valence-electron chi connectivity index (χ2n) is 6.72. The minimum absolute atomic E-state index is 0.0348. The van der Waals surface area contributed by atoms with E-state index in [0.29, 0.717) is 31.3 Å². The number of carbonyl (C=O) groups excluding carboxylic acids is 1. The van der Waals surface area contributed by atoms with Crippen LogP contribution in [0.2, 0.25) is 0 Å². The zero-order valence-corrected chi connectivity index (χ0v) is 18.8. The Hall–Kier alpha value is -2.59. The molecule has 0 unspecified atom stereocenters. The minimum atomic E-state index is -4.47. The van der Waals surface area contributed by atoms with Crippen LogP contribution in [0.3, 0.4) is 0 Å². The van der Waals surface area contributed by atoms with E-state index in [0.717, 1.165) is 12.1 Å². The van der Waals surface area contributed by atoms with Crippen molar-refractivity contribution >= 4 is 43.5 Å². The fourth-order valence-corrected chi connectivity index (χ4v) is 4.37. The van der Waals surface area contributed by atoms with Crippen LogP contribution < -0.4 is 9.64 Å². The molecule has 1 aliphatic heterocycles. The number of pyridine rings is 1. The van der Waals surface area contributed by atoms with E-state index in [-0.39, 0.29) is 30.7 Å². The van der Waals surface area contributed by atoms with E-state index in [9.17, 15) is 23.1 Å². The van der Waals surface area contributed by atoms with E-state index >= 15 is 0 Å². The summed E-state index contributed by atoms with van der Waals surface area (Å²) in [6.45, 7) is 0.449. The highest BCUT2D eigenvalue weighted by Gasteiger charge is 2.31. The first kappa shape index (κ1) is 21.6. The van der Waals surface area contributed by atoms with Crippen molar-refractivity contribution in [2.24, 2.45) is 0 Å². The molecule has 0 fully saturated rings. The van der Waals surface area contributed by atoms with E-state index in [1.54, 1.807) is 12.1 Å². The van der Waals surface area contributed by atoms with Gasteiger partial charge in [-0.2, -0.15) is 13.2 Å². The van der Waals surface area contributed by atoms with Crippen molar-refractivity contribution in [3.8, 4) is 22.8 Å². The van der Waals surface area contributed by atoms with Gasteiger partial charge in [-0.25, -0.2) is 4.98 Å². The van der Waals surface area contributed by atoms with Gasteiger partial charge in [-0.15, -0.1) is 0 Å². The Bertz CT molecular complexity index is 1160. The predicted octanol–water partition coefficient (Wildman–Crippen LogP) is 6.04. The number of amides is 1. The topological polar surface area (TPSA) is 62.7 Å². The number of phenols is 1. The lowest BCUT2D eigenvalue weighted by molar-refractivity contribution is -0.137. The third kappa shape index (κ3) is 4.27. The van der Waals surface area contributed by atoms with Gasteiger partial charge in [-0.05, 0) is 67.8 Å². The number of carbonyl (C=O) groups is 1. The molecule has 0 radical (unpaired) electrons. The molecule has 160 valence electrons. The molecule has 1 aliphatic rings. The number of anilines is 1. The van der Waals surface area contributed by atoms with E-state index in [2.05, 4.69) is 36.8 Å². The number of rotatable bonds is 2. The Morgan fingerprint density at radius 3 is 2.48 bits per heavy atom. The first-order chi connectivity index (χ1) is 14.6. The first-order valence-electron chi connectivity index (χ1n) is 8.95. The first-order valence-corrected chi connectivity index (χ1v) is 10.5. The molecular formula is C21H13Br2F3N2O3. The molecule has 1 aromatic heterocycles. The number of fused-ring (bicyclic) bond motifs is 1. The monoisotopic (exact) mass is 556 g/mol. The van der Waals surface area contributed by atoms with Crippen molar-refractivity contribution in [2.75, 3.05) is 18.1 Å². The Morgan fingerprint density at radius 2 is 1.81 bits per heavy atom. The van der Waals surface area contributed by atoms with Gasteiger partial charge >= 0.3 is 6.18 Å². The van der Waals surface area contributed by atoms with Crippen molar-refractivity contribution in [1.29, 1.82) is 0 Å². The van der Waals surface area contributed by atoms with Gasteiger partial charge in [0.2, 0.25) is 5.88 Å². The van der Waals surface area contributed by atoms with Gasteiger partial charge < -0.3 is 14.7 Å². The van der Waals surface area contributed by atoms with E-state index in [1.807, 2.05) is 0 Å². The summed E-state index contributed by atoms with van der Waals surface area (Å²) in [5.41, 5.74) is 0.616. The quantitative estimate of drug-likeness (QED) is 0.417. The summed E-state index contributed by atoms with van der Waals surface area (Å²) in [7, 11) is 0. The maximum absolute atomic E-state index is 13.2. The van der Waals surface area contributed by atoms with Crippen LogP contribution in [0.4, 0.5) is 18.9 Å². The zero-order chi connectivity index (χ0) is 22.3. The highest BCUT2D eigenvalue weighted by molar-refractivity contribution is 9.11. The van der Waals surface area contributed by atoms with Crippen molar-refractivity contribution in [3.63, 3.8) is 0 Å². The third-order valence-corrected chi connectivity index (χ3v) is 5.92. The Morgan fingerprint density at radius 1 is 1.10 bits per heavy atom. The molecule has 2 heterocycles. The zero-order valence-electron chi connectivity index (χ0n) is 15.6. The molecule has 0 saturated heterocycles. The molecule has 31 heavy (non-hydrogen) atoms. The molecule has 4 rings (SSSR count). The van der Waals surface area contributed by atoms with E-state index in [1.165, 1.54) is 29.3 Å². The summed E-state index contributed by atoms with van der Waals surface area (Å²) < 4.78 is 45.5. The van der Waals surface area contributed by atoms with E-state index < -0.39 is 11.7 Å². The number of benzene rings is 2.